The summed E-state index contributed by atoms with van der Waals surface area (Å²) in [6.45, 7) is 11.0. The standard InChI is InChI=1S/C15H24N2O2/c1-9(2)12(10(3)4)7-17-15(19)13-8-16-11(5)6-14(13)18/h6,8-10,12H,7H2,1-5H3,(H,16,18)(H,17,19). The van der Waals surface area contributed by atoms with Crippen molar-refractivity contribution in [1.82, 2.24) is 10.3 Å². The van der Waals surface area contributed by atoms with Gasteiger partial charge >= 0.3 is 0 Å². The van der Waals surface area contributed by atoms with Crippen LogP contribution in [0.5, 0.6) is 0 Å². The lowest BCUT2D eigenvalue weighted by atomic mass is 9.85. The van der Waals surface area contributed by atoms with E-state index in [4.69, 9.17) is 0 Å². The highest BCUT2D eigenvalue weighted by atomic mass is 16.2. The zero-order valence-corrected chi connectivity index (χ0v) is 12.4. The average molecular weight is 264 g/mol. The van der Waals surface area contributed by atoms with Crippen molar-refractivity contribution in [2.24, 2.45) is 17.8 Å². The predicted molar refractivity (Wildman–Crippen MR) is 77.3 cm³/mol. The second-order valence-corrected chi connectivity index (χ2v) is 5.76. The molecule has 0 saturated heterocycles. The van der Waals surface area contributed by atoms with Gasteiger partial charge in [-0.25, -0.2) is 0 Å². The minimum absolute atomic E-state index is 0.178. The van der Waals surface area contributed by atoms with Crippen molar-refractivity contribution in [1.29, 1.82) is 0 Å². The van der Waals surface area contributed by atoms with Gasteiger partial charge in [0.2, 0.25) is 0 Å². The van der Waals surface area contributed by atoms with Crippen LogP contribution in [-0.2, 0) is 0 Å². The number of hydrogen-bond donors (Lipinski definition) is 2. The first-order valence-corrected chi connectivity index (χ1v) is 6.80. The van der Waals surface area contributed by atoms with Gasteiger partial charge in [0.1, 0.15) is 5.56 Å². The third-order valence-corrected chi connectivity index (χ3v) is 3.51. The summed E-state index contributed by atoms with van der Waals surface area (Å²) in [5.74, 6) is 1.11. The molecule has 0 unspecified atom stereocenters. The molecule has 0 bridgehead atoms. The summed E-state index contributed by atoms with van der Waals surface area (Å²) in [5.41, 5.74) is 0.694. The Hall–Kier alpha value is -1.58. The molecule has 0 aliphatic heterocycles. The molecular weight excluding hydrogens is 240 g/mol. The molecule has 4 heteroatoms. The number of aromatic amines is 1. The molecule has 2 N–H and O–H groups in total. The molecule has 1 aromatic rings. The molecular formula is C15H24N2O2. The molecule has 1 rings (SSSR count). The second-order valence-electron chi connectivity index (χ2n) is 5.76. The van der Waals surface area contributed by atoms with Gasteiger partial charge < -0.3 is 10.3 Å². The van der Waals surface area contributed by atoms with Crippen molar-refractivity contribution in [2.75, 3.05) is 6.54 Å². The molecule has 0 atom stereocenters. The summed E-state index contributed by atoms with van der Waals surface area (Å²) in [7, 11) is 0. The Morgan fingerprint density at radius 1 is 1.26 bits per heavy atom. The summed E-state index contributed by atoms with van der Waals surface area (Å²) in [5, 5.41) is 2.86. The van der Waals surface area contributed by atoms with Gasteiger partial charge in [-0.05, 0) is 24.7 Å². The fourth-order valence-corrected chi connectivity index (χ4v) is 2.30. The number of pyridine rings is 1. The predicted octanol–water partition coefficient (Wildman–Crippen LogP) is 2.34. The van der Waals surface area contributed by atoms with Crippen LogP contribution in [-0.4, -0.2) is 17.4 Å². The number of carbonyl (C=O) groups is 1. The van der Waals surface area contributed by atoms with Gasteiger partial charge in [-0.2, -0.15) is 0 Å². The lowest BCUT2D eigenvalue weighted by Gasteiger charge is -2.24. The van der Waals surface area contributed by atoms with E-state index in [1.807, 2.05) is 0 Å². The van der Waals surface area contributed by atoms with E-state index in [0.717, 1.165) is 5.69 Å². The fourth-order valence-electron chi connectivity index (χ4n) is 2.30. The summed E-state index contributed by atoms with van der Waals surface area (Å²) < 4.78 is 0. The molecule has 4 nitrogen and oxygen atoms in total. The lowest BCUT2D eigenvalue weighted by molar-refractivity contribution is 0.0935. The smallest absolute Gasteiger partial charge is 0.256 e. The monoisotopic (exact) mass is 264 g/mol. The zero-order chi connectivity index (χ0) is 14.6. The first-order valence-electron chi connectivity index (χ1n) is 6.80. The van der Waals surface area contributed by atoms with Gasteiger partial charge in [-0.3, -0.25) is 9.59 Å². The van der Waals surface area contributed by atoms with E-state index in [1.165, 1.54) is 12.3 Å². The number of hydrogen-bond acceptors (Lipinski definition) is 2. The molecule has 0 radical (unpaired) electrons. The molecule has 0 aliphatic rings. The van der Waals surface area contributed by atoms with E-state index in [1.54, 1.807) is 6.92 Å². The fraction of sp³-hybridized carbons (Fsp3) is 0.600. The SMILES string of the molecule is Cc1cc(=O)c(C(=O)NCC(C(C)C)C(C)C)c[nH]1. The van der Waals surface area contributed by atoms with E-state index in [0.29, 0.717) is 24.3 Å². The van der Waals surface area contributed by atoms with Gasteiger partial charge in [-0.15, -0.1) is 0 Å². The minimum atomic E-state index is -0.299. The molecule has 1 heterocycles. The quantitative estimate of drug-likeness (QED) is 0.857. The molecule has 0 aliphatic carbocycles. The topological polar surface area (TPSA) is 62.0 Å². The van der Waals surface area contributed by atoms with Crippen LogP contribution in [0.1, 0.15) is 43.7 Å². The Bertz CT molecular complexity index is 481. The summed E-state index contributed by atoms with van der Waals surface area (Å²) in [4.78, 5) is 26.6. The highest BCUT2D eigenvalue weighted by molar-refractivity contribution is 5.93. The van der Waals surface area contributed by atoms with Gasteiger partial charge in [0.25, 0.3) is 5.91 Å². The van der Waals surface area contributed by atoms with E-state index in [9.17, 15) is 9.59 Å². The summed E-state index contributed by atoms with van der Waals surface area (Å²) in [6.07, 6.45) is 1.48. The Morgan fingerprint density at radius 2 is 1.84 bits per heavy atom. The second kappa shape index (κ2) is 6.55. The van der Waals surface area contributed by atoms with Crippen molar-refractivity contribution in [3.8, 4) is 0 Å². The van der Waals surface area contributed by atoms with Crippen molar-refractivity contribution in [3.05, 3.63) is 33.7 Å². The van der Waals surface area contributed by atoms with E-state index in [-0.39, 0.29) is 16.9 Å². The number of nitrogens with one attached hydrogen (secondary N) is 2. The highest BCUT2D eigenvalue weighted by Gasteiger charge is 2.19. The molecule has 19 heavy (non-hydrogen) atoms. The number of aromatic nitrogens is 1. The van der Waals surface area contributed by atoms with Crippen LogP contribution in [0.4, 0.5) is 0 Å². The molecule has 0 aromatic carbocycles. The average Bonchev–Trinajstić information content (AvgIpc) is 2.27. The van der Waals surface area contributed by atoms with Crippen LogP contribution in [0.15, 0.2) is 17.1 Å². The van der Waals surface area contributed by atoms with Crippen LogP contribution in [0.3, 0.4) is 0 Å². The number of aryl methyl sites for hydroxylation is 1. The van der Waals surface area contributed by atoms with Crippen LogP contribution in [0.25, 0.3) is 0 Å². The van der Waals surface area contributed by atoms with E-state index >= 15 is 0 Å². The van der Waals surface area contributed by atoms with Gasteiger partial charge in [0.05, 0.1) is 0 Å². The Balaban J connectivity index is 2.72. The third kappa shape index (κ3) is 4.23. The Morgan fingerprint density at radius 3 is 2.32 bits per heavy atom. The third-order valence-electron chi connectivity index (χ3n) is 3.51. The van der Waals surface area contributed by atoms with Crippen LogP contribution >= 0.6 is 0 Å². The maximum absolute atomic E-state index is 12.0. The minimum Gasteiger partial charge on any atom is -0.364 e. The largest absolute Gasteiger partial charge is 0.364 e. The molecule has 1 aromatic heterocycles. The number of H-pyrrole nitrogens is 1. The summed E-state index contributed by atoms with van der Waals surface area (Å²) in [6, 6.07) is 1.44. The van der Waals surface area contributed by atoms with Crippen molar-refractivity contribution >= 4 is 5.91 Å². The normalized spacial score (nSPS) is 11.4. The molecule has 0 fully saturated rings. The molecule has 106 valence electrons. The van der Waals surface area contributed by atoms with E-state index < -0.39 is 0 Å². The van der Waals surface area contributed by atoms with Crippen molar-refractivity contribution < 1.29 is 4.79 Å². The maximum Gasteiger partial charge on any atom is 0.256 e. The number of amides is 1. The van der Waals surface area contributed by atoms with Gasteiger partial charge in [0, 0.05) is 24.5 Å². The first-order chi connectivity index (χ1) is 8.82. The van der Waals surface area contributed by atoms with Crippen molar-refractivity contribution in [2.45, 2.75) is 34.6 Å². The summed E-state index contributed by atoms with van der Waals surface area (Å²) >= 11 is 0. The zero-order valence-electron chi connectivity index (χ0n) is 12.4. The molecule has 1 amide bonds. The van der Waals surface area contributed by atoms with Crippen LogP contribution in [0, 0.1) is 24.7 Å². The Labute approximate surface area is 114 Å². The Kier molecular flexibility index (Phi) is 5.33. The van der Waals surface area contributed by atoms with Crippen LogP contribution < -0.4 is 10.7 Å². The van der Waals surface area contributed by atoms with Crippen LogP contribution in [0.2, 0.25) is 0 Å². The van der Waals surface area contributed by atoms with Gasteiger partial charge in [0.15, 0.2) is 5.43 Å². The van der Waals surface area contributed by atoms with E-state index in [2.05, 4.69) is 38.0 Å². The van der Waals surface area contributed by atoms with Gasteiger partial charge in [-0.1, -0.05) is 27.7 Å². The molecule has 0 spiro atoms. The lowest BCUT2D eigenvalue weighted by Crippen LogP contribution is -2.36. The number of rotatable bonds is 5. The highest BCUT2D eigenvalue weighted by Crippen LogP contribution is 2.19. The number of carbonyl (C=O) groups excluding carboxylic acids is 1. The first kappa shape index (κ1) is 15.5. The maximum atomic E-state index is 12.0. The molecule has 0 saturated carbocycles. The van der Waals surface area contributed by atoms with Crippen molar-refractivity contribution in [3.63, 3.8) is 0 Å².